The number of fused-ring (bicyclic) bond motifs is 1. The van der Waals surface area contributed by atoms with E-state index in [1.807, 2.05) is 6.92 Å². The molecule has 1 amide bonds. The van der Waals surface area contributed by atoms with Crippen molar-refractivity contribution in [3.8, 4) is 11.8 Å². The summed E-state index contributed by atoms with van der Waals surface area (Å²) >= 11 is 0. The van der Waals surface area contributed by atoms with Gasteiger partial charge >= 0.3 is 0 Å². The predicted octanol–water partition coefficient (Wildman–Crippen LogP) is 1.69. The van der Waals surface area contributed by atoms with E-state index in [1.54, 1.807) is 30.0 Å². The largest absolute Gasteiger partial charge is 0.479 e. The van der Waals surface area contributed by atoms with E-state index in [1.165, 1.54) is 0 Å². The van der Waals surface area contributed by atoms with Crippen molar-refractivity contribution >= 4 is 11.6 Å². The van der Waals surface area contributed by atoms with Gasteiger partial charge in [0, 0.05) is 6.54 Å². The maximum absolute atomic E-state index is 11.8. The molecule has 16 heavy (non-hydrogen) atoms. The molecule has 1 heterocycles. The number of anilines is 1. The molecule has 4 heteroatoms. The zero-order chi connectivity index (χ0) is 11.7. The molecule has 4 nitrogen and oxygen atoms in total. The number of nitrogens with zero attached hydrogens (tertiary/aromatic N) is 2. The number of carbonyl (C=O) groups excluding carboxylic acids is 1. The van der Waals surface area contributed by atoms with Gasteiger partial charge in [-0.25, -0.2) is 0 Å². The molecule has 1 aliphatic rings. The lowest BCUT2D eigenvalue weighted by Crippen LogP contribution is -2.44. The summed E-state index contributed by atoms with van der Waals surface area (Å²) in [5.74, 6) is 0.595. The van der Waals surface area contributed by atoms with Gasteiger partial charge in [0.15, 0.2) is 6.10 Å². The summed E-state index contributed by atoms with van der Waals surface area (Å²) in [7, 11) is 0. The Hall–Kier alpha value is -2.02. The second kappa shape index (κ2) is 3.86. The van der Waals surface area contributed by atoms with Crippen LogP contribution in [0.4, 0.5) is 5.69 Å². The van der Waals surface area contributed by atoms with Crippen molar-refractivity contribution in [2.75, 3.05) is 11.4 Å². The normalized spacial score (nSPS) is 18.7. The molecule has 0 spiro atoms. The molecule has 82 valence electrons. The van der Waals surface area contributed by atoms with Crippen molar-refractivity contribution in [1.82, 2.24) is 0 Å². The first-order valence-electron chi connectivity index (χ1n) is 5.19. The maximum Gasteiger partial charge on any atom is 0.267 e. The smallest absolute Gasteiger partial charge is 0.267 e. The highest BCUT2D eigenvalue weighted by Gasteiger charge is 2.30. The molecule has 0 N–H and O–H groups in total. The fourth-order valence-corrected chi connectivity index (χ4v) is 1.80. The molecule has 0 saturated carbocycles. The molecular formula is C12H12N2O2. The minimum atomic E-state index is -0.458. The molecule has 0 aromatic heterocycles. The Morgan fingerprint density at radius 3 is 2.94 bits per heavy atom. The van der Waals surface area contributed by atoms with E-state index in [9.17, 15) is 4.79 Å². The lowest BCUT2D eigenvalue weighted by Gasteiger charge is -2.32. The third kappa shape index (κ3) is 1.50. The van der Waals surface area contributed by atoms with Gasteiger partial charge in [-0.1, -0.05) is 0 Å². The van der Waals surface area contributed by atoms with E-state index in [0.29, 0.717) is 23.5 Å². The SMILES string of the molecule is CCN1C(=O)C(C)Oc2ccc(C#N)cc21. The number of likely N-dealkylation sites (N-methyl/N-ethyl adjacent to an activating group) is 1. The molecule has 1 aromatic rings. The van der Waals surface area contributed by atoms with Crippen molar-refractivity contribution in [3.63, 3.8) is 0 Å². The van der Waals surface area contributed by atoms with Crippen LogP contribution in [0.3, 0.4) is 0 Å². The summed E-state index contributed by atoms with van der Waals surface area (Å²) in [6, 6.07) is 7.16. The summed E-state index contributed by atoms with van der Waals surface area (Å²) < 4.78 is 5.47. The molecule has 1 unspecified atom stereocenters. The van der Waals surface area contributed by atoms with Gasteiger partial charge < -0.3 is 9.64 Å². The van der Waals surface area contributed by atoms with Crippen molar-refractivity contribution in [3.05, 3.63) is 23.8 Å². The van der Waals surface area contributed by atoms with Crippen molar-refractivity contribution in [1.29, 1.82) is 5.26 Å². The number of nitriles is 1. The zero-order valence-corrected chi connectivity index (χ0v) is 9.23. The third-order valence-corrected chi connectivity index (χ3v) is 2.61. The van der Waals surface area contributed by atoms with Crippen LogP contribution < -0.4 is 9.64 Å². The quantitative estimate of drug-likeness (QED) is 0.717. The highest BCUT2D eigenvalue weighted by atomic mass is 16.5. The zero-order valence-electron chi connectivity index (χ0n) is 9.23. The van der Waals surface area contributed by atoms with Gasteiger partial charge in [-0.05, 0) is 32.0 Å². The molecule has 0 radical (unpaired) electrons. The monoisotopic (exact) mass is 216 g/mol. The lowest BCUT2D eigenvalue weighted by atomic mass is 10.1. The number of hydrogen-bond acceptors (Lipinski definition) is 3. The van der Waals surface area contributed by atoms with Crippen LogP contribution >= 0.6 is 0 Å². The van der Waals surface area contributed by atoms with Gasteiger partial charge in [-0.3, -0.25) is 4.79 Å². The number of benzene rings is 1. The van der Waals surface area contributed by atoms with Crippen molar-refractivity contribution in [2.45, 2.75) is 20.0 Å². The Bertz CT molecular complexity index is 476. The van der Waals surface area contributed by atoms with Crippen molar-refractivity contribution < 1.29 is 9.53 Å². The van der Waals surface area contributed by atoms with Gasteiger partial charge in [0.2, 0.25) is 0 Å². The van der Waals surface area contributed by atoms with Gasteiger partial charge in [0.05, 0.1) is 17.3 Å². The minimum Gasteiger partial charge on any atom is -0.479 e. The topological polar surface area (TPSA) is 53.3 Å². The molecule has 0 fully saturated rings. The molecule has 1 atom stereocenters. The maximum atomic E-state index is 11.8. The standard InChI is InChI=1S/C12H12N2O2/c1-3-14-10-6-9(7-13)4-5-11(10)16-8(2)12(14)15/h4-6,8H,3H2,1-2H3. The first-order chi connectivity index (χ1) is 7.67. The third-order valence-electron chi connectivity index (χ3n) is 2.61. The average Bonchev–Trinajstić information content (AvgIpc) is 2.30. The lowest BCUT2D eigenvalue weighted by molar-refractivity contribution is -0.125. The number of carbonyl (C=O) groups is 1. The Kier molecular flexibility index (Phi) is 2.53. The van der Waals surface area contributed by atoms with Gasteiger partial charge in [-0.15, -0.1) is 0 Å². The number of amides is 1. The van der Waals surface area contributed by atoms with Crippen LogP contribution in [-0.4, -0.2) is 18.6 Å². The van der Waals surface area contributed by atoms with Gasteiger partial charge in [-0.2, -0.15) is 5.26 Å². The molecule has 1 aromatic carbocycles. The molecule has 0 aliphatic carbocycles. The molecule has 1 aliphatic heterocycles. The molecular weight excluding hydrogens is 204 g/mol. The van der Waals surface area contributed by atoms with Gasteiger partial charge in [0.1, 0.15) is 5.75 Å². The van der Waals surface area contributed by atoms with E-state index >= 15 is 0 Å². The second-order valence-electron chi connectivity index (χ2n) is 3.64. The van der Waals surface area contributed by atoms with E-state index in [0.717, 1.165) is 0 Å². The van der Waals surface area contributed by atoms with Crippen LogP contribution in [0.2, 0.25) is 0 Å². The van der Waals surface area contributed by atoms with Crippen molar-refractivity contribution in [2.24, 2.45) is 0 Å². The van der Waals surface area contributed by atoms with Crippen LogP contribution in [0.1, 0.15) is 19.4 Å². The van der Waals surface area contributed by atoms with Crippen LogP contribution in [0.15, 0.2) is 18.2 Å². The average molecular weight is 216 g/mol. The summed E-state index contributed by atoms with van der Waals surface area (Å²) in [4.78, 5) is 13.5. The second-order valence-corrected chi connectivity index (χ2v) is 3.64. The van der Waals surface area contributed by atoms with Gasteiger partial charge in [0.25, 0.3) is 5.91 Å². The first kappa shape index (κ1) is 10.5. The molecule has 0 saturated heterocycles. The van der Waals surface area contributed by atoms with Crippen LogP contribution in [0.25, 0.3) is 0 Å². The number of ether oxygens (including phenoxy) is 1. The fraction of sp³-hybridized carbons (Fsp3) is 0.333. The highest BCUT2D eigenvalue weighted by molar-refractivity contribution is 5.99. The van der Waals surface area contributed by atoms with E-state index in [-0.39, 0.29) is 5.91 Å². The Morgan fingerprint density at radius 1 is 1.56 bits per heavy atom. The Balaban J connectivity index is 2.53. The van der Waals surface area contributed by atoms with E-state index < -0.39 is 6.10 Å². The van der Waals surface area contributed by atoms with E-state index in [2.05, 4.69) is 6.07 Å². The summed E-state index contributed by atoms with van der Waals surface area (Å²) in [6.45, 7) is 4.21. The Morgan fingerprint density at radius 2 is 2.31 bits per heavy atom. The highest BCUT2D eigenvalue weighted by Crippen LogP contribution is 2.34. The molecule has 0 bridgehead atoms. The Labute approximate surface area is 94.0 Å². The molecule has 2 rings (SSSR count). The predicted molar refractivity (Wildman–Crippen MR) is 59.3 cm³/mol. The summed E-state index contributed by atoms with van der Waals surface area (Å²) in [6.07, 6.45) is -0.458. The van der Waals surface area contributed by atoms with Crippen LogP contribution in [0, 0.1) is 11.3 Å². The first-order valence-corrected chi connectivity index (χ1v) is 5.19. The van der Waals surface area contributed by atoms with Crippen LogP contribution in [-0.2, 0) is 4.79 Å². The number of hydrogen-bond donors (Lipinski definition) is 0. The summed E-state index contributed by atoms with van der Waals surface area (Å²) in [5, 5.41) is 8.82. The number of rotatable bonds is 1. The summed E-state index contributed by atoms with van der Waals surface area (Å²) in [5.41, 5.74) is 1.22. The van der Waals surface area contributed by atoms with E-state index in [4.69, 9.17) is 10.00 Å². The van der Waals surface area contributed by atoms with Crippen LogP contribution in [0.5, 0.6) is 5.75 Å². The fourth-order valence-electron chi connectivity index (χ4n) is 1.80. The minimum absolute atomic E-state index is 0.0647.